The van der Waals surface area contributed by atoms with Gasteiger partial charge in [-0.3, -0.25) is 4.79 Å². The van der Waals surface area contributed by atoms with Gasteiger partial charge in [0.25, 0.3) is 12.3 Å². The summed E-state index contributed by atoms with van der Waals surface area (Å²) in [4.78, 5) is 19.2. The molecule has 3 heterocycles. The van der Waals surface area contributed by atoms with E-state index in [1.165, 1.54) is 12.3 Å². The van der Waals surface area contributed by atoms with E-state index >= 15 is 0 Å². The van der Waals surface area contributed by atoms with Crippen LogP contribution in [0.1, 0.15) is 73.1 Å². The fourth-order valence-corrected chi connectivity index (χ4v) is 3.45. The number of nitrogens with zero attached hydrogens (tertiary/aromatic N) is 4. The van der Waals surface area contributed by atoms with Gasteiger partial charge < -0.3 is 4.90 Å². The average Bonchev–Trinajstić information content (AvgIpc) is 3.33. The number of carbonyl (C=O) groups excluding carboxylic acids is 1. The number of carbonyl (C=O) groups is 1. The van der Waals surface area contributed by atoms with Crippen molar-refractivity contribution in [2.75, 3.05) is 6.54 Å². The minimum absolute atomic E-state index is 0.155. The summed E-state index contributed by atoms with van der Waals surface area (Å²) in [6.07, 6.45) is 3.71. The van der Waals surface area contributed by atoms with Crippen molar-refractivity contribution >= 4 is 11.6 Å². The van der Waals surface area contributed by atoms with Gasteiger partial charge in [-0.1, -0.05) is 0 Å². The van der Waals surface area contributed by atoms with E-state index in [1.807, 2.05) is 11.8 Å². The predicted molar refractivity (Wildman–Crippen MR) is 84.3 cm³/mol. The van der Waals surface area contributed by atoms with E-state index in [1.54, 1.807) is 0 Å². The van der Waals surface area contributed by atoms with Gasteiger partial charge in [0, 0.05) is 24.2 Å². The second-order valence-electron chi connectivity index (χ2n) is 6.82. The normalized spacial score (nSPS) is 21.7. The van der Waals surface area contributed by atoms with Crippen LogP contribution in [0.2, 0.25) is 0 Å². The monoisotopic (exact) mass is 334 g/mol. The summed E-state index contributed by atoms with van der Waals surface area (Å²) < 4.78 is 27.9. The first-order chi connectivity index (χ1) is 11.6. The van der Waals surface area contributed by atoms with Gasteiger partial charge in [0.05, 0.1) is 6.20 Å². The van der Waals surface area contributed by atoms with E-state index in [4.69, 9.17) is 0 Å². The smallest absolute Gasteiger partial charge is 0.280 e. The minimum atomic E-state index is -2.65. The zero-order valence-corrected chi connectivity index (χ0v) is 13.6. The molecule has 0 unspecified atom stereocenters. The largest absolute Gasteiger partial charge is 0.336 e. The van der Waals surface area contributed by atoms with Crippen LogP contribution >= 0.6 is 0 Å². The van der Waals surface area contributed by atoms with Crippen molar-refractivity contribution in [1.29, 1.82) is 0 Å². The maximum Gasteiger partial charge on any atom is 0.280 e. The van der Waals surface area contributed by atoms with Gasteiger partial charge in [0.15, 0.2) is 5.65 Å². The molecule has 0 spiro atoms. The number of fused-ring (bicyclic) bond motifs is 1. The first-order valence-electron chi connectivity index (χ1n) is 8.54. The Bertz CT molecular complexity index is 784. The Balaban J connectivity index is 1.79. The van der Waals surface area contributed by atoms with Gasteiger partial charge in [-0.05, 0) is 45.1 Å². The maximum absolute atomic E-state index is 13.4. The number of hydrogen-bond donors (Lipinski definition) is 0. The van der Waals surface area contributed by atoms with Crippen molar-refractivity contribution in [3.05, 3.63) is 29.2 Å². The summed E-state index contributed by atoms with van der Waals surface area (Å²) in [7, 11) is 0. The molecule has 1 atom stereocenters. The topological polar surface area (TPSA) is 50.5 Å². The number of amides is 1. The molecule has 5 nitrogen and oxygen atoms in total. The molecular weight excluding hydrogens is 314 g/mol. The summed E-state index contributed by atoms with van der Waals surface area (Å²) >= 11 is 0. The molecule has 7 heteroatoms. The van der Waals surface area contributed by atoms with Crippen molar-refractivity contribution < 1.29 is 13.6 Å². The second kappa shape index (κ2) is 5.79. The Morgan fingerprint density at radius 2 is 2.08 bits per heavy atom. The molecule has 1 aliphatic carbocycles. The standard InChI is InChI=1S/C17H20F2N4O/c1-10-4-2-3-7-22(10)17(24)12-9-20-23-14(15(18)19)8-13(11-5-6-11)21-16(12)23/h8-11,15H,2-7H2,1H3/t10-/m1/s1. The number of alkyl halides is 2. The molecule has 0 radical (unpaired) electrons. The minimum Gasteiger partial charge on any atom is -0.336 e. The maximum atomic E-state index is 13.4. The van der Waals surface area contributed by atoms with Crippen LogP contribution in [-0.4, -0.2) is 38.0 Å². The summed E-state index contributed by atoms with van der Waals surface area (Å²) in [5.74, 6) is 0.0807. The molecule has 1 saturated carbocycles. The van der Waals surface area contributed by atoms with E-state index < -0.39 is 6.43 Å². The molecule has 128 valence electrons. The number of aromatic nitrogens is 3. The zero-order valence-electron chi connectivity index (χ0n) is 13.6. The molecule has 0 aromatic carbocycles. The Morgan fingerprint density at radius 3 is 2.75 bits per heavy atom. The molecule has 24 heavy (non-hydrogen) atoms. The molecule has 0 N–H and O–H groups in total. The average molecular weight is 334 g/mol. The molecule has 0 bridgehead atoms. The predicted octanol–water partition coefficient (Wildman–Crippen LogP) is 3.56. The summed E-state index contributed by atoms with van der Waals surface area (Å²) in [6.45, 7) is 2.72. The molecule has 2 aromatic rings. The molecule has 2 aromatic heterocycles. The molecule has 1 saturated heterocycles. The summed E-state index contributed by atoms with van der Waals surface area (Å²) in [5, 5.41) is 4.03. The summed E-state index contributed by atoms with van der Waals surface area (Å²) in [6, 6.07) is 1.59. The van der Waals surface area contributed by atoms with Gasteiger partial charge in [0.1, 0.15) is 11.3 Å². The SMILES string of the molecule is C[C@@H]1CCCCN1C(=O)c1cnn2c(C(F)F)cc(C3CC3)nc12. The van der Waals surface area contributed by atoms with Crippen molar-refractivity contribution in [2.45, 2.75) is 57.4 Å². The Morgan fingerprint density at radius 1 is 1.29 bits per heavy atom. The second-order valence-corrected chi connectivity index (χ2v) is 6.82. The van der Waals surface area contributed by atoms with Crippen LogP contribution in [0.15, 0.2) is 12.3 Å². The quantitative estimate of drug-likeness (QED) is 0.862. The lowest BCUT2D eigenvalue weighted by Crippen LogP contribution is -2.42. The lowest BCUT2D eigenvalue weighted by molar-refractivity contribution is 0.0637. The lowest BCUT2D eigenvalue weighted by Gasteiger charge is -2.33. The molecule has 1 amide bonds. The number of halogens is 2. The molecule has 2 aliphatic rings. The first-order valence-corrected chi connectivity index (χ1v) is 8.54. The van der Waals surface area contributed by atoms with Crippen molar-refractivity contribution in [3.63, 3.8) is 0 Å². The van der Waals surface area contributed by atoms with Crippen molar-refractivity contribution in [3.8, 4) is 0 Å². The van der Waals surface area contributed by atoms with E-state index in [-0.39, 0.29) is 29.2 Å². The van der Waals surface area contributed by atoms with Crippen LogP contribution in [0.3, 0.4) is 0 Å². The van der Waals surface area contributed by atoms with Gasteiger partial charge in [-0.2, -0.15) is 5.10 Å². The third-order valence-corrected chi connectivity index (χ3v) is 5.03. The van der Waals surface area contributed by atoms with E-state index in [0.717, 1.165) is 36.6 Å². The van der Waals surface area contributed by atoms with Crippen molar-refractivity contribution in [2.24, 2.45) is 0 Å². The van der Waals surface area contributed by atoms with Gasteiger partial charge in [0.2, 0.25) is 0 Å². The number of likely N-dealkylation sites (tertiary alicyclic amines) is 1. The molecule has 2 fully saturated rings. The highest BCUT2D eigenvalue weighted by molar-refractivity contribution is 5.99. The Kier molecular flexibility index (Phi) is 3.73. The molecule has 4 rings (SSSR count). The third kappa shape index (κ3) is 2.56. The molecule has 1 aliphatic heterocycles. The lowest BCUT2D eigenvalue weighted by atomic mass is 10.0. The fraction of sp³-hybridized carbons (Fsp3) is 0.588. The van der Waals surface area contributed by atoms with E-state index in [9.17, 15) is 13.6 Å². The zero-order chi connectivity index (χ0) is 16.8. The van der Waals surface area contributed by atoms with Crippen LogP contribution < -0.4 is 0 Å². The van der Waals surface area contributed by atoms with Crippen LogP contribution in [0.5, 0.6) is 0 Å². The number of hydrogen-bond acceptors (Lipinski definition) is 3. The van der Waals surface area contributed by atoms with Gasteiger partial charge in [-0.15, -0.1) is 0 Å². The third-order valence-electron chi connectivity index (χ3n) is 5.03. The highest BCUT2D eigenvalue weighted by atomic mass is 19.3. The highest BCUT2D eigenvalue weighted by Crippen LogP contribution is 2.40. The van der Waals surface area contributed by atoms with E-state index in [2.05, 4.69) is 10.1 Å². The van der Waals surface area contributed by atoms with Crippen LogP contribution in [0, 0.1) is 0 Å². The van der Waals surface area contributed by atoms with Crippen LogP contribution in [-0.2, 0) is 0 Å². The highest BCUT2D eigenvalue weighted by Gasteiger charge is 2.31. The van der Waals surface area contributed by atoms with Crippen LogP contribution in [0.4, 0.5) is 8.78 Å². The number of rotatable bonds is 3. The van der Waals surface area contributed by atoms with Crippen LogP contribution in [0.25, 0.3) is 5.65 Å². The van der Waals surface area contributed by atoms with Gasteiger partial charge in [-0.25, -0.2) is 18.3 Å². The fourth-order valence-electron chi connectivity index (χ4n) is 3.45. The Labute approximate surface area is 138 Å². The number of piperidine rings is 1. The van der Waals surface area contributed by atoms with E-state index in [0.29, 0.717) is 17.8 Å². The Hall–Kier alpha value is -2.05. The molecular formula is C17H20F2N4O. The summed E-state index contributed by atoms with van der Waals surface area (Å²) in [5.41, 5.74) is 1.05. The van der Waals surface area contributed by atoms with Gasteiger partial charge >= 0.3 is 0 Å². The first kappa shape index (κ1) is 15.5. The van der Waals surface area contributed by atoms with Crippen molar-refractivity contribution in [1.82, 2.24) is 19.5 Å².